The van der Waals surface area contributed by atoms with Crippen LogP contribution < -0.4 is 16.0 Å². The van der Waals surface area contributed by atoms with Crippen LogP contribution in [0.1, 0.15) is 12.5 Å². The van der Waals surface area contributed by atoms with Crippen molar-refractivity contribution in [3.05, 3.63) is 35.9 Å². The molecule has 5 nitrogen and oxygen atoms in total. The Labute approximate surface area is 107 Å². The Kier molecular flexibility index (Phi) is 6.50. The van der Waals surface area contributed by atoms with Gasteiger partial charge in [-0.05, 0) is 12.1 Å². The number of carbonyl (C=O) groups is 2. The third kappa shape index (κ3) is 6.00. The van der Waals surface area contributed by atoms with Gasteiger partial charge in [0.1, 0.15) is 0 Å². The third-order valence-electron chi connectivity index (χ3n) is 2.31. The van der Waals surface area contributed by atoms with Gasteiger partial charge < -0.3 is 16.0 Å². The molecule has 0 heterocycles. The summed E-state index contributed by atoms with van der Waals surface area (Å²) in [5.41, 5.74) is 1.03. The number of rotatable bonds is 7. The van der Waals surface area contributed by atoms with Crippen LogP contribution in [0.15, 0.2) is 30.3 Å². The van der Waals surface area contributed by atoms with Crippen LogP contribution in [-0.2, 0) is 16.1 Å². The lowest BCUT2D eigenvalue weighted by atomic mass is 10.2. The van der Waals surface area contributed by atoms with Crippen molar-refractivity contribution in [2.75, 3.05) is 19.6 Å². The molecule has 1 rings (SSSR count). The van der Waals surface area contributed by atoms with Gasteiger partial charge in [0.15, 0.2) is 0 Å². The van der Waals surface area contributed by atoms with Gasteiger partial charge in [-0.3, -0.25) is 9.59 Å². The molecule has 2 amide bonds. The minimum atomic E-state index is -0.191. The van der Waals surface area contributed by atoms with E-state index in [2.05, 4.69) is 16.0 Å². The lowest BCUT2D eigenvalue weighted by molar-refractivity contribution is -0.125. The number of hydrogen-bond donors (Lipinski definition) is 3. The second-order valence-corrected chi connectivity index (χ2v) is 3.82. The molecule has 0 saturated heterocycles. The Morgan fingerprint density at radius 3 is 2.33 bits per heavy atom. The van der Waals surface area contributed by atoms with Crippen molar-refractivity contribution in [3.63, 3.8) is 0 Å². The van der Waals surface area contributed by atoms with E-state index in [0.29, 0.717) is 6.54 Å². The van der Waals surface area contributed by atoms with E-state index in [-0.39, 0.29) is 24.9 Å². The zero-order valence-electron chi connectivity index (χ0n) is 10.5. The Balaban J connectivity index is 2.16. The monoisotopic (exact) mass is 249 g/mol. The molecule has 0 unspecified atom stereocenters. The van der Waals surface area contributed by atoms with Crippen LogP contribution in [0.4, 0.5) is 0 Å². The lowest BCUT2D eigenvalue weighted by Gasteiger charge is -2.07. The van der Waals surface area contributed by atoms with Crippen molar-refractivity contribution in [1.29, 1.82) is 0 Å². The molecule has 0 atom stereocenters. The summed E-state index contributed by atoms with van der Waals surface area (Å²) in [7, 11) is 0. The van der Waals surface area contributed by atoms with Gasteiger partial charge in [-0.1, -0.05) is 37.3 Å². The van der Waals surface area contributed by atoms with Gasteiger partial charge in [0.2, 0.25) is 11.8 Å². The van der Waals surface area contributed by atoms with Crippen LogP contribution in [0.3, 0.4) is 0 Å². The van der Waals surface area contributed by atoms with Gasteiger partial charge in [-0.25, -0.2) is 0 Å². The summed E-state index contributed by atoms with van der Waals surface area (Å²) in [6, 6.07) is 9.62. The minimum Gasteiger partial charge on any atom is -0.350 e. The summed E-state index contributed by atoms with van der Waals surface area (Å²) in [5.74, 6) is -0.365. The highest BCUT2D eigenvalue weighted by Crippen LogP contribution is 1.96. The molecular formula is C13H19N3O2. The standard InChI is InChI=1S/C13H19N3O2/c1-2-14-9-12(17)16-10-13(18)15-8-11-6-4-3-5-7-11/h3-7,14H,2,8-10H2,1H3,(H,15,18)(H,16,17). The second-order valence-electron chi connectivity index (χ2n) is 3.82. The Bertz CT molecular complexity index is 379. The minimum absolute atomic E-state index is 0.0110. The average molecular weight is 249 g/mol. The van der Waals surface area contributed by atoms with Gasteiger partial charge >= 0.3 is 0 Å². The molecule has 0 aliphatic carbocycles. The zero-order valence-corrected chi connectivity index (χ0v) is 10.5. The number of benzene rings is 1. The van der Waals surface area contributed by atoms with Crippen LogP contribution >= 0.6 is 0 Å². The average Bonchev–Trinajstić information content (AvgIpc) is 2.41. The lowest BCUT2D eigenvalue weighted by Crippen LogP contribution is -2.40. The van der Waals surface area contributed by atoms with Crippen molar-refractivity contribution in [3.8, 4) is 0 Å². The maximum Gasteiger partial charge on any atom is 0.239 e. The highest BCUT2D eigenvalue weighted by molar-refractivity contribution is 5.85. The Morgan fingerprint density at radius 1 is 1.00 bits per heavy atom. The Morgan fingerprint density at radius 2 is 1.67 bits per heavy atom. The molecule has 0 aliphatic rings. The molecule has 0 aliphatic heterocycles. The van der Waals surface area contributed by atoms with Crippen LogP contribution in [0.5, 0.6) is 0 Å². The van der Waals surface area contributed by atoms with Crippen LogP contribution in [0, 0.1) is 0 Å². The Hall–Kier alpha value is -1.88. The summed E-state index contributed by atoms with van der Waals surface area (Å²) in [5, 5.41) is 8.16. The van der Waals surface area contributed by atoms with Crippen molar-refractivity contribution in [1.82, 2.24) is 16.0 Å². The molecule has 0 aromatic heterocycles. The van der Waals surface area contributed by atoms with Crippen molar-refractivity contribution in [2.45, 2.75) is 13.5 Å². The van der Waals surface area contributed by atoms with Gasteiger partial charge in [-0.2, -0.15) is 0 Å². The van der Waals surface area contributed by atoms with E-state index in [9.17, 15) is 9.59 Å². The van der Waals surface area contributed by atoms with Crippen LogP contribution in [-0.4, -0.2) is 31.4 Å². The molecule has 5 heteroatoms. The smallest absolute Gasteiger partial charge is 0.239 e. The number of hydrogen-bond acceptors (Lipinski definition) is 3. The summed E-state index contributed by atoms with van der Waals surface area (Å²) in [6.07, 6.45) is 0. The summed E-state index contributed by atoms with van der Waals surface area (Å²) in [4.78, 5) is 22.7. The fraction of sp³-hybridized carbons (Fsp3) is 0.385. The van der Waals surface area contributed by atoms with E-state index < -0.39 is 0 Å². The van der Waals surface area contributed by atoms with Crippen LogP contribution in [0.25, 0.3) is 0 Å². The van der Waals surface area contributed by atoms with Gasteiger partial charge in [0.25, 0.3) is 0 Å². The predicted molar refractivity (Wildman–Crippen MR) is 69.8 cm³/mol. The van der Waals surface area contributed by atoms with E-state index in [1.807, 2.05) is 37.3 Å². The number of nitrogens with one attached hydrogen (secondary N) is 3. The molecule has 0 spiro atoms. The molecule has 0 bridgehead atoms. The first-order chi connectivity index (χ1) is 8.72. The van der Waals surface area contributed by atoms with E-state index >= 15 is 0 Å². The second kappa shape index (κ2) is 8.25. The fourth-order valence-electron chi connectivity index (χ4n) is 1.34. The largest absolute Gasteiger partial charge is 0.350 e. The molecule has 18 heavy (non-hydrogen) atoms. The maximum absolute atomic E-state index is 11.4. The SMILES string of the molecule is CCNCC(=O)NCC(=O)NCc1ccccc1. The molecule has 1 aromatic carbocycles. The molecular weight excluding hydrogens is 230 g/mol. The fourth-order valence-corrected chi connectivity index (χ4v) is 1.34. The number of likely N-dealkylation sites (N-methyl/N-ethyl adjacent to an activating group) is 1. The molecule has 3 N–H and O–H groups in total. The molecule has 1 aromatic rings. The first-order valence-corrected chi connectivity index (χ1v) is 6.00. The summed E-state index contributed by atoms with van der Waals surface area (Å²) >= 11 is 0. The first kappa shape index (κ1) is 14.2. The molecule has 0 saturated carbocycles. The third-order valence-corrected chi connectivity index (χ3v) is 2.31. The van der Waals surface area contributed by atoms with E-state index in [4.69, 9.17) is 0 Å². The quantitative estimate of drug-likeness (QED) is 0.638. The number of amides is 2. The maximum atomic E-state index is 11.4. The highest BCUT2D eigenvalue weighted by Gasteiger charge is 2.04. The van der Waals surface area contributed by atoms with Crippen LogP contribution in [0.2, 0.25) is 0 Å². The number of carbonyl (C=O) groups excluding carboxylic acids is 2. The first-order valence-electron chi connectivity index (χ1n) is 6.00. The van der Waals surface area contributed by atoms with Gasteiger partial charge in [-0.15, -0.1) is 0 Å². The van der Waals surface area contributed by atoms with Crippen molar-refractivity contribution in [2.24, 2.45) is 0 Å². The van der Waals surface area contributed by atoms with Crippen molar-refractivity contribution < 1.29 is 9.59 Å². The predicted octanol–water partition coefficient (Wildman–Crippen LogP) is 0.0285. The topological polar surface area (TPSA) is 70.2 Å². The normalized spacial score (nSPS) is 9.83. The zero-order chi connectivity index (χ0) is 13.2. The van der Waals surface area contributed by atoms with Gasteiger partial charge in [0.05, 0.1) is 13.1 Å². The van der Waals surface area contributed by atoms with Crippen molar-refractivity contribution >= 4 is 11.8 Å². The van der Waals surface area contributed by atoms with Gasteiger partial charge in [0, 0.05) is 6.54 Å². The summed E-state index contributed by atoms with van der Waals surface area (Å²) in [6.45, 7) is 3.37. The van der Waals surface area contributed by atoms with E-state index in [1.165, 1.54) is 0 Å². The highest BCUT2D eigenvalue weighted by atomic mass is 16.2. The van der Waals surface area contributed by atoms with E-state index in [1.54, 1.807) is 0 Å². The molecule has 98 valence electrons. The molecule has 0 radical (unpaired) electrons. The molecule has 0 fully saturated rings. The van der Waals surface area contributed by atoms with E-state index in [0.717, 1.165) is 12.1 Å². The summed E-state index contributed by atoms with van der Waals surface area (Å²) < 4.78 is 0.